The van der Waals surface area contributed by atoms with E-state index < -0.39 is 0 Å². The van der Waals surface area contributed by atoms with Crippen molar-refractivity contribution in [1.29, 1.82) is 0 Å². The lowest BCUT2D eigenvalue weighted by Gasteiger charge is -2.06. The number of hydrogen-bond donors (Lipinski definition) is 0. The summed E-state index contributed by atoms with van der Waals surface area (Å²) in [5.74, 6) is 1.15. The normalized spacial score (nSPS) is 11.9. The number of ether oxygens (including phenoxy) is 2. The van der Waals surface area contributed by atoms with Crippen molar-refractivity contribution >= 4 is 23.2 Å². The van der Waals surface area contributed by atoms with Gasteiger partial charge in [0.15, 0.2) is 0 Å². The van der Waals surface area contributed by atoms with Crippen LogP contribution in [0.15, 0.2) is 94.9 Å². The Morgan fingerprint density at radius 2 is 0.885 bits per heavy atom. The molecule has 0 aliphatic carbocycles. The molecule has 0 aliphatic heterocycles. The molecule has 3 rings (SSSR count). The van der Waals surface area contributed by atoms with E-state index >= 15 is 0 Å². The summed E-state index contributed by atoms with van der Waals surface area (Å²) < 4.78 is 10.8. The van der Waals surface area contributed by atoms with Crippen molar-refractivity contribution in [2.75, 3.05) is 14.2 Å². The zero-order valence-corrected chi connectivity index (χ0v) is 14.8. The summed E-state index contributed by atoms with van der Waals surface area (Å²) in [5, 5.41) is 0. The zero-order chi connectivity index (χ0) is 18.2. The van der Waals surface area contributed by atoms with Gasteiger partial charge in [-0.15, -0.1) is 0 Å². The fourth-order valence-corrected chi connectivity index (χ4v) is 2.45. The van der Waals surface area contributed by atoms with Gasteiger partial charge in [0.05, 0.1) is 25.6 Å². The van der Waals surface area contributed by atoms with Crippen molar-refractivity contribution in [2.45, 2.75) is 0 Å². The molecule has 0 aliphatic rings. The highest BCUT2D eigenvalue weighted by atomic mass is 16.5. The topological polar surface area (TPSA) is 43.2 Å². The molecule has 0 radical (unpaired) electrons. The summed E-state index contributed by atoms with van der Waals surface area (Å²) in [6.07, 6.45) is 0. The van der Waals surface area contributed by atoms with Gasteiger partial charge in [-0.25, -0.2) is 9.98 Å². The lowest BCUT2D eigenvalue weighted by Crippen LogP contribution is -2.02. The van der Waals surface area contributed by atoms with Crippen molar-refractivity contribution in [3.8, 4) is 0 Å². The summed E-state index contributed by atoms with van der Waals surface area (Å²) >= 11 is 0. The zero-order valence-electron chi connectivity index (χ0n) is 14.8. The SMILES string of the molecule is COC(=Nc1ccc(N=C(OC)c2ccccc2)cc1)c1ccccc1. The van der Waals surface area contributed by atoms with Crippen molar-refractivity contribution < 1.29 is 9.47 Å². The van der Waals surface area contributed by atoms with Gasteiger partial charge >= 0.3 is 0 Å². The van der Waals surface area contributed by atoms with Crippen molar-refractivity contribution in [1.82, 2.24) is 0 Å². The predicted octanol–water partition coefficient (Wildman–Crippen LogP) is 5.14. The number of hydrogen-bond acceptors (Lipinski definition) is 4. The third-order valence-electron chi connectivity index (χ3n) is 3.74. The molecule has 0 heterocycles. The molecule has 0 atom stereocenters. The third-order valence-corrected chi connectivity index (χ3v) is 3.74. The highest BCUT2D eigenvalue weighted by Crippen LogP contribution is 2.21. The van der Waals surface area contributed by atoms with Crippen LogP contribution in [0.1, 0.15) is 11.1 Å². The predicted molar refractivity (Wildman–Crippen MR) is 106 cm³/mol. The minimum atomic E-state index is 0.573. The minimum Gasteiger partial charge on any atom is -0.481 e. The Morgan fingerprint density at radius 1 is 0.538 bits per heavy atom. The molecular formula is C22H20N2O2. The average Bonchev–Trinajstić information content (AvgIpc) is 2.72. The van der Waals surface area contributed by atoms with Crippen LogP contribution in [0, 0.1) is 0 Å². The second-order valence-corrected chi connectivity index (χ2v) is 5.49. The smallest absolute Gasteiger partial charge is 0.220 e. The highest BCUT2D eigenvalue weighted by molar-refractivity contribution is 5.96. The molecule has 0 fully saturated rings. The fourth-order valence-electron chi connectivity index (χ4n) is 2.45. The number of benzene rings is 3. The monoisotopic (exact) mass is 344 g/mol. The van der Waals surface area contributed by atoms with E-state index in [0.717, 1.165) is 22.5 Å². The van der Waals surface area contributed by atoms with Gasteiger partial charge in [-0.3, -0.25) is 0 Å². The molecule has 0 saturated heterocycles. The van der Waals surface area contributed by atoms with Crippen LogP contribution in [0.25, 0.3) is 0 Å². The number of nitrogens with zero attached hydrogens (tertiary/aromatic N) is 2. The molecule has 0 amide bonds. The molecule has 4 heteroatoms. The van der Waals surface area contributed by atoms with Crippen LogP contribution in [-0.4, -0.2) is 26.0 Å². The molecule has 3 aromatic carbocycles. The molecule has 26 heavy (non-hydrogen) atoms. The second kappa shape index (κ2) is 8.62. The van der Waals surface area contributed by atoms with Crippen molar-refractivity contribution in [3.63, 3.8) is 0 Å². The molecule has 0 N–H and O–H groups in total. The van der Waals surface area contributed by atoms with Gasteiger partial charge in [-0.05, 0) is 48.5 Å². The van der Waals surface area contributed by atoms with Crippen LogP contribution >= 0.6 is 0 Å². The van der Waals surface area contributed by atoms with Gasteiger partial charge in [0.25, 0.3) is 0 Å². The first-order chi connectivity index (χ1) is 12.8. The maximum Gasteiger partial charge on any atom is 0.220 e. The Kier molecular flexibility index (Phi) is 5.78. The van der Waals surface area contributed by atoms with Crippen LogP contribution in [0.2, 0.25) is 0 Å². The summed E-state index contributed by atoms with van der Waals surface area (Å²) in [6.45, 7) is 0. The minimum absolute atomic E-state index is 0.573. The number of aliphatic imine (C=N–C) groups is 2. The maximum atomic E-state index is 5.41. The summed E-state index contributed by atoms with van der Waals surface area (Å²) in [4.78, 5) is 9.12. The van der Waals surface area contributed by atoms with Gasteiger partial charge in [-0.1, -0.05) is 36.4 Å². The van der Waals surface area contributed by atoms with E-state index in [1.165, 1.54) is 0 Å². The van der Waals surface area contributed by atoms with Gasteiger partial charge in [0.2, 0.25) is 11.8 Å². The molecule has 4 nitrogen and oxygen atoms in total. The van der Waals surface area contributed by atoms with E-state index in [9.17, 15) is 0 Å². The molecule has 0 aromatic heterocycles. The van der Waals surface area contributed by atoms with E-state index in [1.54, 1.807) is 14.2 Å². The largest absolute Gasteiger partial charge is 0.481 e. The van der Waals surface area contributed by atoms with E-state index in [2.05, 4.69) is 9.98 Å². The van der Waals surface area contributed by atoms with Gasteiger partial charge in [-0.2, -0.15) is 0 Å². The van der Waals surface area contributed by atoms with E-state index in [4.69, 9.17) is 9.47 Å². The first kappa shape index (κ1) is 17.4. The second-order valence-electron chi connectivity index (χ2n) is 5.49. The van der Waals surface area contributed by atoms with Crippen LogP contribution in [0.3, 0.4) is 0 Å². The summed E-state index contributed by atoms with van der Waals surface area (Å²) in [7, 11) is 3.24. The third kappa shape index (κ3) is 4.36. The first-order valence-electron chi connectivity index (χ1n) is 8.26. The summed E-state index contributed by atoms with van der Waals surface area (Å²) in [5.41, 5.74) is 3.46. The quantitative estimate of drug-likeness (QED) is 0.486. The van der Waals surface area contributed by atoms with Gasteiger partial charge in [0, 0.05) is 11.1 Å². The Morgan fingerprint density at radius 3 is 1.19 bits per heavy atom. The molecule has 3 aromatic rings. The number of methoxy groups -OCH3 is 2. The Balaban J connectivity index is 1.84. The number of rotatable bonds is 4. The molecule has 0 bridgehead atoms. The van der Waals surface area contributed by atoms with Crippen LogP contribution in [0.4, 0.5) is 11.4 Å². The van der Waals surface area contributed by atoms with E-state index in [0.29, 0.717) is 11.8 Å². The molecule has 0 spiro atoms. The van der Waals surface area contributed by atoms with Crippen molar-refractivity contribution in [2.24, 2.45) is 9.98 Å². The molecule has 0 saturated carbocycles. The van der Waals surface area contributed by atoms with Gasteiger partial charge < -0.3 is 9.47 Å². The fraction of sp³-hybridized carbons (Fsp3) is 0.0909. The average molecular weight is 344 g/mol. The molecule has 130 valence electrons. The highest BCUT2D eigenvalue weighted by Gasteiger charge is 2.05. The van der Waals surface area contributed by atoms with Crippen LogP contribution < -0.4 is 0 Å². The maximum absolute atomic E-state index is 5.41. The van der Waals surface area contributed by atoms with Crippen LogP contribution in [0.5, 0.6) is 0 Å². The van der Waals surface area contributed by atoms with Gasteiger partial charge in [0.1, 0.15) is 0 Å². The Bertz CT molecular complexity index is 810. The Labute approximate surface area is 153 Å². The first-order valence-corrected chi connectivity index (χ1v) is 8.26. The van der Waals surface area contributed by atoms with E-state index in [-0.39, 0.29) is 0 Å². The lowest BCUT2D eigenvalue weighted by atomic mass is 10.2. The summed E-state index contributed by atoms with van der Waals surface area (Å²) in [6, 6.07) is 27.2. The molecular weight excluding hydrogens is 324 g/mol. The van der Waals surface area contributed by atoms with Crippen molar-refractivity contribution in [3.05, 3.63) is 96.1 Å². The van der Waals surface area contributed by atoms with E-state index in [1.807, 2.05) is 84.9 Å². The molecule has 0 unspecified atom stereocenters. The lowest BCUT2D eigenvalue weighted by molar-refractivity contribution is 0.405. The van der Waals surface area contributed by atoms with Crippen LogP contribution in [-0.2, 0) is 9.47 Å². The Hall–Kier alpha value is -3.40. The standard InChI is InChI=1S/C22H20N2O2/c1-25-21(17-9-5-3-6-10-17)23-19-13-15-20(16-14-19)24-22(26-2)18-11-7-4-8-12-18/h3-16H,1-2H3.